The molecule has 1 amide bonds. The molecule has 86 valence electrons. The number of nitrogens with zero attached hydrogens (tertiary/aromatic N) is 1. The molecule has 1 aliphatic rings. The number of allylic oxidation sites excluding steroid dienone is 4. The van der Waals surface area contributed by atoms with E-state index < -0.39 is 5.60 Å². The minimum absolute atomic E-state index is 0.365. The van der Waals surface area contributed by atoms with Gasteiger partial charge in [0.15, 0.2) is 0 Å². The Labute approximate surface area is 102 Å². The summed E-state index contributed by atoms with van der Waals surface area (Å²) in [6, 6.07) is 0. The normalized spacial score (nSPS) is 16.1. The number of hydrogen-bond acceptors (Lipinski definition) is 2. The van der Waals surface area contributed by atoms with E-state index in [0.717, 1.165) is 3.91 Å². The van der Waals surface area contributed by atoms with Gasteiger partial charge in [0.1, 0.15) is 0 Å². The molecule has 0 spiro atoms. The molecule has 0 N–H and O–H groups in total. The summed E-state index contributed by atoms with van der Waals surface area (Å²) in [7, 11) is 0. The number of carbonyl (C=O) groups is 1. The molecule has 0 aromatic carbocycles. The molecule has 0 saturated heterocycles. The first-order valence-electron chi connectivity index (χ1n) is 4.59. The molecule has 0 saturated carbocycles. The van der Waals surface area contributed by atoms with Gasteiger partial charge in [-0.25, -0.2) is 0 Å². The zero-order valence-corrected chi connectivity index (χ0v) is 11.1. The van der Waals surface area contributed by atoms with Crippen LogP contribution in [0.4, 0.5) is 4.79 Å². The maximum absolute atomic E-state index is 11.8. The Hall–Kier alpha value is -0.770. The van der Waals surface area contributed by atoms with Gasteiger partial charge in [-0.15, -0.1) is 0 Å². The first-order valence-corrected chi connectivity index (χ1v) is 5.67. The van der Waals surface area contributed by atoms with Gasteiger partial charge in [0.2, 0.25) is 0 Å². The molecule has 0 fully saturated rings. The molecular weight excluding hydrogens is 375 g/mol. The predicted octanol–water partition coefficient (Wildman–Crippen LogP) is 2.70. The van der Waals surface area contributed by atoms with Crippen molar-refractivity contribution in [2.45, 2.75) is 26.4 Å². The molecule has 15 heavy (non-hydrogen) atoms. The summed E-state index contributed by atoms with van der Waals surface area (Å²) in [6.45, 7) is 5.54. The van der Waals surface area contributed by atoms with Gasteiger partial charge in [0.05, 0.1) is 0 Å². The average Bonchev–Trinajstić information content (AvgIpc) is 2.26. The van der Waals surface area contributed by atoms with Crippen molar-refractivity contribution in [3.8, 4) is 0 Å². The Bertz CT molecular complexity index is 337. The summed E-state index contributed by atoms with van der Waals surface area (Å²) in [4.78, 5) is 13.2. The summed E-state index contributed by atoms with van der Waals surface area (Å²) in [5.74, 6) is 0. The fraction of sp³-hybridized carbons (Fsp3) is 0.364. The average molecular weight is 389 g/mol. The second kappa shape index (κ2) is 4.84. The number of carbonyl (C=O) groups excluding carboxylic acids is 1. The van der Waals surface area contributed by atoms with Crippen LogP contribution in [-0.2, 0) is 25.8 Å². The van der Waals surface area contributed by atoms with E-state index in [1.165, 1.54) is 4.90 Å². The van der Waals surface area contributed by atoms with Crippen LogP contribution in [0.2, 0.25) is 0 Å². The summed E-state index contributed by atoms with van der Waals surface area (Å²) >= 11 is 2.29. The van der Waals surface area contributed by atoms with Gasteiger partial charge in [-0.05, 0) is 0 Å². The van der Waals surface area contributed by atoms with E-state index in [1.54, 1.807) is 12.3 Å². The first-order chi connectivity index (χ1) is 6.90. The second-order valence-electron chi connectivity index (χ2n) is 4.03. The van der Waals surface area contributed by atoms with Crippen molar-refractivity contribution < 1.29 is 30.6 Å². The van der Waals surface area contributed by atoms with E-state index >= 15 is 0 Å². The maximum atomic E-state index is 11.8. The minimum atomic E-state index is -0.473. The monoisotopic (exact) mass is 389 g/mol. The van der Waals surface area contributed by atoms with Gasteiger partial charge in [-0.1, -0.05) is 0 Å². The quantitative estimate of drug-likeness (QED) is 0.597. The van der Waals surface area contributed by atoms with Gasteiger partial charge in [0, 0.05) is 0 Å². The third kappa shape index (κ3) is 4.08. The molecule has 0 atom stereocenters. The third-order valence-corrected chi connectivity index (χ3v) is 2.36. The van der Waals surface area contributed by atoms with Gasteiger partial charge in [0.25, 0.3) is 0 Å². The molecule has 1 heterocycles. The first kappa shape index (κ1) is 12.3. The van der Waals surface area contributed by atoms with Crippen molar-refractivity contribution in [1.82, 2.24) is 4.90 Å². The van der Waals surface area contributed by atoms with Crippen LogP contribution >= 0.6 is 0 Å². The van der Waals surface area contributed by atoms with Gasteiger partial charge in [-0.2, -0.15) is 0 Å². The molecule has 1 aliphatic heterocycles. The third-order valence-electron chi connectivity index (χ3n) is 1.48. The van der Waals surface area contributed by atoms with Crippen molar-refractivity contribution in [2.24, 2.45) is 0 Å². The van der Waals surface area contributed by atoms with Crippen LogP contribution in [0.15, 0.2) is 34.4 Å². The molecular formula is C11H14AuNO2. The van der Waals surface area contributed by atoms with Crippen LogP contribution < -0.4 is 0 Å². The van der Waals surface area contributed by atoms with Gasteiger partial charge < -0.3 is 0 Å². The van der Waals surface area contributed by atoms with Crippen molar-refractivity contribution in [2.75, 3.05) is 0 Å². The van der Waals surface area contributed by atoms with E-state index in [0.29, 0.717) is 0 Å². The number of ether oxygens (including phenoxy) is 1. The van der Waals surface area contributed by atoms with Crippen LogP contribution in [0.1, 0.15) is 20.8 Å². The molecule has 1 rings (SSSR count). The van der Waals surface area contributed by atoms with E-state index in [9.17, 15) is 4.79 Å². The standard InChI is InChI=1S/C11H14NO2.Au/c1-11(2,3)14-10(13)12-8-6-4-5-7-9-12;/h4-8H,1-3H3;. The SMILES string of the molecule is CC(C)(C)OC(=O)N1C=CC=CC=[C]1[Au]. The molecule has 0 unspecified atom stereocenters. The summed E-state index contributed by atoms with van der Waals surface area (Å²) < 4.78 is 6.05. The van der Waals surface area contributed by atoms with Crippen molar-refractivity contribution >= 4 is 6.09 Å². The van der Waals surface area contributed by atoms with Crippen molar-refractivity contribution in [3.05, 3.63) is 34.4 Å². The predicted molar refractivity (Wildman–Crippen MR) is 54.4 cm³/mol. The number of hydrogen-bond donors (Lipinski definition) is 0. The van der Waals surface area contributed by atoms with Crippen LogP contribution in [0, 0.1) is 0 Å². The molecule has 4 heteroatoms. The molecule has 0 radical (unpaired) electrons. The van der Waals surface area contributed by atoms with E-state index in [2.05, 4.69) is 21.1 Å². The van der Waals surface area contributed by atoms with E-state index in [-0.39, 0.29) is 6.09 Å². The van der Waals surface area contributed by atoms with Crippen LogP contribution in [0.25, 0.3) is 0 Å². The summed E-state index contributed by atoms with van der Waals surface area (Å²) in [5, 5.41) is 0. The number of amides is 1. The molecule has 3 nitrogen and oxygen atoms in total. The Morgan fingerprint density at radius 2 is 2.00 bits per heavy atom. The Kier molecular flexibility index (Phi) is 3.97. The molecule has 0 aromatic rings. The summed E-state index contributed by atoms with van der Waals surface area (Å²) in [5.41, 5.74) is -0.473. The zero-order valence-electron chi connectivity index (χ0n) is 8.95. The zero-order chi connectivity index (χ0) is 11.5. The second-order valence-corrected chi connectivity index (χ2v) is 5.14. The fourth-order valence-electron chi connectivity index (χ4n) is 0.926. The van der Waals surface area contributed by atoms with Crippen LogP contribution in [-0.4, -0.2) is 16.6 Å². The van der Waals surface area contributed by atoms with E-state index in [4.69, 9.17) is 4.74 Å². The fourth-order valence-corrected chi connectivity index (χ4v) is 1.49. The topological polar surface area (TPSA) is 29.5 Å². The summed E-state index contributed by atoms with van der Waals surface area (Å²) in [6.07, 6.45) is 8.68. The number of rotatable bonds is 0. The Morgan fingerprint density at radius 1 is 1.33 bits per heavy atom. The molecule has 0 aromatic heterocycles. The van der Waals surface area contributed by atoms with Gasteiger partial charge >= 0.3 is 102 Å². The van der Waals surface area contributed by atoms with Crippen LogP contribution in [0.5, 0.6) is 0 Å². The molecule has 0 bridgehead atoms. The van der Waals surface area contributed by atoms with Gasteiger partial charge in [-0.3, -0.25) is 0 Å². The Morgan fingerprint density at radius 3 is 2.60 bits per heavy atom. The van der Waals surface area contributed by atoms with E-state index in [1.807, 2.05) is 39.0 Å². The van der Waals surface area contributed by atoms with Crippen molar-refractivity contribution in [3.63, 3.8) is 0 Å². The van der Waals surface area contributed by atoms with Crippen molar-refractivity contribution in [1.29, 1.82) is 0 Å². The molecule has 0 aliphatic carbocycles. The van der Waals surface area contributed by atoms with Crippen LogP contribution in [0.3, 0.4) is 0 Å². The Balaban J connectivity index is 2.76.